The van der Waals surface area contributed by atoms with Gasteiger partial charge in [-0.15, -0.1) is 0 Å². The molecular formula is C12H18BrN3O2S. The molecule has 1 heterocycles. The minimum Gasteiger partial charge on any atom is -0.398 e. The topological polar surface area (TPSA) is 66.6 Å². The molecule has 0 aromatic heterocycles. The van der Waals surface area contributed by atoms with Gasteiger partial charge in [0.05, 0.1) is 6.26 Å². The molecule has 2 N–H and O–H groups in total. The van der Waals surface area contributed by atoms with Crippen LogP contribution in [-0.4, -0.2) is 50.1 Å². The summed E-state index contributed by atoms with van der Waals surface area (Å²) in [4.78, 5) is 2.25. The van der Waals surface area contributed by atoms with Crippen LogP contribution in [0.4, 0.5) is 5.69 Å². The lowest BCUT2D eigenvalue weighted by atomic mass is 10.2. The van der Waals surface area contributed by atoms with Gasteiger partial charge in [-0.1, -0.05) is 6.07 Å². The van der Waals surface area contributed by atoms with Crippen molar-refractivity contribution in [1.29, 1.82) is 0 Å². The Morgan fingerprint density at radius 3 is 2.42 bits per heavy atom. The molecule has 1 aromatic rings. The predicted octanol–water partition coefficient (Wildman–Crippen LogP) is 1.11. The summed E-state index contributed by atoms with van der Waals surface area (Å²) in [5.74, 6) is 0. The Bertz CT molecular complexity index is 554. The van der Waals surface area contributed by atoms with Crippen molar-refractivity contribution < 1.29 is 8.42 Å². The molecule has 0 atom stereocenters. The quantitative estimate of drug-likeness (QED) is 0.831. The average molecular weight is 348 g/mol. The summed E-state index contributed by atoms with van der Waals surface area (Å²) in [6.45, 7) is 3.46. The Morgan fingerprint density at radius 1 is 1.26 bits per heavy atom. The zero-order valence-corrected chi connectivity index (χ0v) is 13.2. The van der Waals surface area contributed by atoms with E-state index in [9.17, 15) is 8.42 Å². The highest BCUT2D eigenvalue weighted by molar-refractivity contribution is 9.10. The largest absolute Gasteiger partial charge is 0.398 e. The molecule has 0 radical (unpaired) electrons. The maximum Gasteiger partial charge on any atom is 0.211 e. The molecule has 1 aliphatic heterocycles. The van der Waals surface area contributed by atoms with E-state index in [2.05, 4.69) is 20.8 Å². The highest BCUT2D eigenvalue weighted by atomic mass is 79.9. The van der Waals surface area contributed by atoms with Crippen molar-refractivity contribution in [3.63, 3.8) is 0 Å². The molecule has 2 rings (SSSR count). The second-order valence-corrected chi connectivity index (χ2v) is 7.63. The molecule has 0 spiro atoms. The summed E-state index contributed by atoms with van der Waals surface area (Å²) in [6, 6.07) is 5.90. The van der Waals surface area contributed by atoms with Crippen LogP contribution in [-0.2, 0) is 16.6 Å². The number of hydrogen-bond acceptors (Lipinski definition) is 4. The predicted molar refractivity (Wildman–Crippen MR) is 80.2 cm³/mol. The summed E-state index contributed by atoms with van der Waals surface area (Å²) < 4.78 is 25.3. The lowest BCUT2D eigenvalue weighted by Gasteiger charge is -2.33. The first-order chi connectivity index (χ1) is 8.86. The van der Waals surface area contributed by atoms with Gasteiger partial charge in [0.15, 0.2) is 0 Å². The van der Waals surface area contributed by atoms with Gasteiger partial charge in [0.2, 0.25) is 10.0 Å². The Labute approximate surface area is 122 Å². The summed E-state index contributed by atoms with van der Waals surface area (Å²) in [5.41, 5.74) is 7.66. The van der Waals surface area contributed by atoms with Crippen molar-refractivity contribution in [2.45, 2.75) is 6.54 Å². The monoisotopic (exact) mass is 347 g/mol. The highest BCUT2D eigenvalue weighted by Gasteiger charge is 2.23. The number of piperazine rings is 1. The number of nitrogens with two attached hydrogens (primary N) is 1. The summed E-state index contributed by atoms with van der Waals surface area (Å²) in [7, 11) is -3.05. The number of sulfonamides is 1. The second kappa shape index (κ2) is 5.78. The summed E-state index contributed by atoms with van der Waals surface area (Å²) in [5, 5.41) is 0. The van der Waals surface area contributed by atoms with E-state index in [1.165, 1.54) is 16.1 Å². The molecule has 106 valence electrons. The van der Waals surface area contributed by atoms with Crippen LogP contribution < -0.4 is 5.73 Å². The van der Waals surface area contributed by atoms with Gasteiger partial charge in [-0.2, -0.15) is 4.31 Å². The van der Waals surface area contributed by atoms with Gasteiger partial charge >= 0.3 is 0 Å². The number of anilines is 1. The molecule has 0 unspecified atom stereocenters. The first-order valence-corrected chi connectivity index (χ1v) is 8.72. The summed E-state index contributed by atoms with van der Waals surface area (Å²) >= 11 is 3.42. The van der Waals surface area contributed by atoms with Crippen LogP contribution in [0, 0.1) is 0 Å². The molecule has 1 aliphatic rings. The standard InChI is InChI=1S/C12H18BrN3O2S/c1-19(17,18)16-6-4-15(5-7-16)9-10-2-3-12(14)11(13)8-10/h2-3,8H,4-7,9,14H2,1H3. The van der Waals surface area contributed by atoms with Gasteiger partial charge in [-0.3, -0.25) is 4.90 Å². The van der Waals surface area contributed by atoms with Crippen molar-refractivity contribution >= 4 is 31.6 Å². The first kappa shape index (κ1) is 14.8. The van der Waals surface area contributed by atoms with Crippen LogP contribution in [0.25, 0.3) is 0 Å². The molecule has 0 aliphatic carbocycles. The van der Waals surface area contributed by atoms with E-state index < -0.39 is 10.0 Å². The normalized spacial score (nSPS) is 18.6. The molecule has 1 saturated heterocycles. The first-order valence-electron chi connectivity index (χ1n) is 6.07. The van der Waals surface area contributed by atoms with E-state index >= 15 is 0 Å². The number of benzene rings is 1. The van der Waals surface area contributed by atoms with Crippen LogP contribution in [0.5, 0.6) is 0 Å². The number of nitrogen functional groups attached to an aromatic ring is 1. The lowest BCUT2D eigenvalue weighted by Crippen LogP contribution is -2.47. The molecule has 1 fully saturated rings. The van der Waals surface area contributed by atoms with Crippen LogP contribution in [0.15, 0.2) is 22.7 Å². The average Bonchev–Trinajstić information content (AvgIpc) is 2.33. The Kier molecular flexibility index (Phi) is 4.50. The van der Waals surface area contributed by atoms with Gasteiger partial charge < -0.3 is 5.73 Å². The van der Waals surface area contributed by atoms with Gasteiger partial charge in [0, 0.05) is 42.9 Å². The smallest absolute Gasteiger partial charge is 0.211 e. The zero-order chi connectivity index (χ0) is 14.0. The number of nitrogens with zero attached hydrogens (tertiary/aromatic N) is 2. The van der Waals surface area contributed by atoms with E-state index in [-0.39, 0.29) is 0 Å². The fourth-order valence-electron chi connectivity index (χ4n) is 2.15. The van der Waals surface area contributed by atoms with Crippen LogP contribution in [0.2, 0.25) is 0 Å². The van der Waals surface area contributed by atoms with Gasteiger partial charge in [0.1, 0.15) is 0 Å². The Balaban J connectivity index is 1.94. The van der Waals surface area contributed by atoms with Crippen molar-refractivity contribution in [2.24, 2.45) is 0 Å². The lowest BCUT2D eigenvalue weighted by molar-refractivity contribution is 0.182. The molecule has 7 heteroatoms. The minimum absolute atomic E-state index is 0.564. The number of hydrogen-bond donors (Lipinski definition) is 1. The van der Waals surface area contributed by atoms with Gasteiger partial charge in [-0.25, -0.2) is 8.42 Å². The Hall–Kier alpha value is -0.630. The van der Waals surface area contributed by atoms with E-state index in [0.717, 1.165) is 29.8 Å². The van der Waals surface area contributed by atoms with Crippen molar-refractivity contribution in [1.82, 2.24) is 9.21 Å². The van der Waals surface area contributed by atoms with E-state index in [1.807, 2.05) is 18.2 Å². The number of halogens is 1. The summed E-state index contributed by atoms with van der Waals surface area (Å²) in [6.07, 6.45) is 1.26. The third-order valence-corrected chi connectivity index (χ3v) is 5.26. The molecule has 0 amide bonds. The van der Waals surface area contributed by atoms with Crippen LogP contribution >= 0.6 is 15.9 Å². The maximum absolute atomic E-state index is 11.4. The molecule has 5 nitrogen and oxygen atoms in total. The maximum atomic E-state index is 11.4. The van der Waals surface area contributed by atoms with E-state index in [4.69, 9.17) is 5.73 Å². The third-order valence-electron chi connectivity index (χ3n) is 3.27. The Morgan fingerprint density at radius 2 is 1.89 bits per heavy atom. The number of rotatable bonds is 3. The minimum atomic E-state index is -3.05. The highest BCUT2D eigenvalue weighted by Crippen LogP contribution is 2.21. The van der Waals surface area contributed by atoms with Crippen LogP contribution in [0.1, 0.15) is 5.56 Å². The van der Waals surface area contributed by atoms with Crippen molar-refractivity contribution in [3.05, 3.63) is 28.2 Å². The molecule has 1 aromatic carbocycles. The fourth-order valence-corrected chi connectivity index (χ4v) is 3.40. The van der Waals surface area contributed by atoms with Crippen molar-refractivity contribution in [2.75, 3.05) is 38.2 Å². The van der Waals surface area contributed by atoms with Gasteiger partial charge in [0.25, 0.3) is 0 Å². The van der Waals surface area contributed by atoms with Gasteiger partial charge in [-0.05, 0) is 33.6 Å². The molecular weight excluding hydrogens is 330 g/mol. The molecule has 19 heavy (non-hydrogen) atoms. The SMILES string of the molecule is CS(=O)(=O)N1CCN(Cc2ccc(N)c(Br)c2)CC1. The zero-order valence-electron chi connectivity index (χ0n) is 10.8. The third kappa shape index (κ3) is 3.92. The van der Waals surface area contributed by atoms with Crippen LogP contribution in [0.3, 0.4) is 0 Å². The molecule has 0 bridgehead atoms. The van der Waals surface area contributed by atoms with E-state index in [0.29, 0.717) is 13.1 Å². The van der Waals surface area contributed by atoms with E-state index in [1.54, 1.807) is 0 Å². The molecule has 0 saturated carbocycles. The fraction of sp³-hybridized carbons (Fsp3) is 0.500. The second-order valence-electron chi connectivity index (χ2n) is 4.79. The van der Waals surface area contributed by atoms with Crippen molar-refractivity contribution in [3.8, 4) is 0 Å².